The van der Waals surface area contributed by atoms with Gasteiger partial charge in [-0.2, -0.15) is 0 Å². The molecule has 0 bridgehead atoms. The van der Waals surface area contributed by atoms with Crippen LogP contribution < -0.4 is 15.8 Å². The molecule has 0 radical (unpaired) electrons. The SMILES string of the molecule is COc1ccc(N)c(NC(=O)CC(C)(C)OC)c1. The number of ether oxygens (including phenoxy) is 2. The van der Waals surface area contributed by atoms with Gasteiger partial charge in [0, 0.05) is 13.2 Å². The standard InChI is InChI=1S/C13H20N2O3/c1-13(2,18-4)8-12(16)15-11-7-9(17-3)5-6-10(11)14/h5-7H,8,14H2,1-4H3,(H,15,16). The number of benzene rings is 1. The second-order valence-electron chi connectivity index (χ2n) is 4.64. The van der Waals surface area contributed by atoms with Crippen molar-refractivity contribution in [2.45, 2.75) is 25.9 Å². The van der Waals surface area contributed by atoms with Crippen molar-refractivity contribution in [3.8, 4) is 5.75 Å². The maximum atomic E-state index is 11.9. The lowest BCUT2D eigenvalue weighted by Crippen LogP contribution is -2.29. The number of hydrogen-bond donors (Lipinski definition) is 2. The molecule has 0 atom stereocenters. The lowest BCUT2D eigenvalue weighted by atomic mass is 10.0. The Kier molecular flexibility index (Phi) is 4.55. The van der Waals surface area contributed by atoms with Gasteiger partial charge in [-0.15, -0.1) is 0 Å². The molecule has 5 heteroatoms. The highest BCUT2D eigenvalue weighted by Crippen LogP contribution is 2.25. The maximum absolute atomic E-state index is 11.9. The number of nitrogens with one attached hydrogen (secondary N) is 1. The van der Waals surface area contributed by atoms with Crippen LogP contribution in [0.5, 0.6) is 5.75 Å². The Morgan fingerprint density at radius 3 is 2.61 bits per heavy atom. The molecule has 0 aliphatic rings. The van der Waals surface area contributed by atoms with Gasteiger partial charge in [0.2, 0.25) is 5.91 Å². The summed E-state index contributed by atoms with van der Waals surface area (Å²) in [7, 11) is 3.14. The van der Waals surface area contributed by atoms with Crippen molar-refractivity contribution in [1.29, 1.82) is 0 Å². The number of carbonyl (C=O) groups is 1. The molecule has 0 aliphatic carbocycles. The summed E-state index contributed by atoms with van der Waals surface area (Å²) in [4.78, 5) is 11.9. The van der Waals surface area contributed by atoms with E-state index in [0.29, 0.717) is 17.1 Å². The van der Waals surface area contributed by atoms with E-state index in [-0.39, 0.29) is 12.3 Å². The quantitative estimate of drug-likeness (QED) is 0.786. The second-order valence-corrected chi connectivity index (χ2v) is 4.64. The summed E-state index contributed by atoms with van der Waals surface area (Å²) in [6.07, 6.45) is 0.250. The predicted octanol–water partition coefficient (Wildman–Crippen LogP) is 2.03. The van der Waals surface area contributed by atoms with E-state index in [9.17, 15) is 4.79 Å². The number of hydrogen-bond acceptors (Lipinski definition) is 4. The van der Waals surface area contributed by atoms with Gasteiger partial charge in [-0.3, -0.25) is 4.79 Å². The third kappa shape index (κ3) is 3.92. The molecule has 100 valence electrons. The molecule has 0 aromatic heterocycles. The molecule has 1 aromatic carbocycles. The van der Waals surface area contributed by atoms with E-state index in [1.54, 1.807) is 32.4 Å². The lowest BCUT2D eigenvalue weighted by molar-refractivity contribution is -0.121. The summed E-state index contributed by atoms with van der Waals surface area (Å²) >= 11 is 0. The van der Waals surface area contributed by atoms with Gasteiger partial charge in [0.1, 0.15) is 5.75 Å². The topological polar surface area (TPSA) is 73.6 Å². The molecule has 18 heavy (non-hydrogen) atoms. The fraction of sp³-hybridized carbons (Fsp3) is 0.462. The van der Waals surface area contributed by atoms with E-state index >= 15 is 0 Å². The molecular weight excluding hydrogens is 232 g/mol. The highest BCUT2D eigenvalue weighted by Gasteiger charge is 2.21. The van der Waals surface area contributed by atoms with Gasteiger partial charge in [0.05, 0.1) is 30.5 Å². The molecular formula is C13H20N2O3. The smallest absolute Gasteiger partial charge is 0.227 e. The van der Waals surface area contributed by atoms with Gasteiger partial charge >= 0.3 is 0 Å². The van der Waals surface area contributed by atoms with E-state index in [1.165, 1.54) is 0 Å². The number of nitrogen functional groups attached to an aromatic ring is 1. The normalized spacial score (nSPS) is 11.1. The van der Waals surface area contributed by atoms with Crippen molar-refractivity contribution in [3.63, 3.8) is 0 Å². The molecule has 0 fully saturated rings. The summed E-state index contributed by atoms with van der Waals surface area (Å²) in [5, 5.41) is 2.75. The number of methoxy groups -OCH3 is 2. The van der Waals surface area contributed by atoms with E-state index in [1.807, 2.05) is 13.8 Å². The molecule has 1 amide bonds. The van der Waals surface area contributed by atoms with Crippen molar-refractivity contribution < 1.29 is 14.3 Å². The predicted molar refractivity (Wildman–Crippen MR) is 71.7 cm³/mol. The maximum Gasteiger partial charge on any atom is 0.227 e. The molecule has 0 heterocycles. The van der Waals surface area contributed by atoms with Crippen molar-refractivity contribution in [1.82, 2.24) is 0 Å². The first-order valence-electron chi connectivity index (χ1n) is 5.66. The Labute approximate surface area is 107 Å². The summed E-state index contributed by atoms with van der Waals surface area (Å²) in [6, 6.07) is 5.12. The van der Waals surface area contributed by atoms with E-state index < -0.39 is 5.60 Å². The van der Waals surface area contributed by atoms with Crippen LogP contribution in [0, 0.1) is 0 Å². The number of anilines is 2. The third-order valence-electron chi connectivity index (χ3n) is 2.67. The zero-order chi connectivity index (χ0) is 13.8. The minimum atomic E-state index is -0.502. The van der Waals surface area contributed by atoms with Gasteiger partial charge < -0.3 is 20.5 Å². The molecule has 0 saturated carbocycles. The Balaban J connectivity index is 2.75. The van der Waals surface area contributed by atoms with Crippen LogP contribution in [0.15, 0.2) is 18.2 Å². The van der Waals surface area contributed by atoms with Crippen LogP contribution in [-0.2, 0) is 9.53 Å². The average Bonchev–Trinajstić information content (AvgIpc) is 2.31. The van der Waals surface area contributed by atoms with Gasteiger partial charge in [-0.25, -0.2) is 0 Å². The number of carbonyl (C=O) groups excluding carboxylic acids is 1. The van der Waals surface area contributed by atoms with Crippen molar-refractivity contribution in [2.75, 3.05) is 25.3 Å². The highest BCUT2D eigenvalue weighted by molar-refractivity contribution is 5.94. The van der Waals surface area contributed by atoms with Gasteiger partial charge in [0.25, 0.3) is 0 Å². The summed E-state index contributed by atoms with van der Waals surface area (Å²) in [5.74, 6) is 0.493. The molecule has 1 rings (SSSR count). The monoisotopic (exact) mass is 252 g/mol. The van der Waals surface area contributed by atoms with Gasteiger partial charge in [-0.05, 0) is 26.0 Å². The molecule has 0 spiro atoms. The zero-order valence-electron chi connectivity index (χ0n) is 11.2. The van der Waals surface area contributed by atoms with Crippen LogP contribution in [0.2, 0.25) is 0 Å². The zero-order valence-corrected chi connectivity index (χ0v) is 11.2. The van der Waals surface area contributed by atoms with E-state index in [4.69, 9.17) is 15.2 Å². The van der Waals surface area contributed by atoms with Crippen LogP contribution in [0.3, 0.4) is 0 Å². The molecule has 1 aromatic rings. The van der Waals surface area contributed by atoms with Crippen LogP contribution in [-0.4, -0.2) is 25.7 Å². The molecule has 5 nitrogen and oxygen atoms in total. The summed E-state index contributed by atoms with van der Waals surface area (Å²) < 4.78 is 10.3. The molecule has 0 unspecified atom stereocenters. The van der Waals surface area contributed by atoms with Crippen molar-refractivity contribution in [2.24, 2.45) is 0 Å². The Morgan fingerprint density at radius 2 is 2.06 bits per heavy atom. The van der Waals surface area contributed by atoms with Crippen LogP contribution in [0.4, 0.5) is 11.4 Å². The second kappa shape index (κ2) is 5.73. The summed E-state index contributed by atoms with van der Waals surface area (Å²) in [6.45, 7) is 3.70. The Hall–Kier alpha value is -1.75. The number of amides is 1. The van der Waals surface area contributed by atoms with Gasteiger partial charge in [0.15, 0.2) is 0 Å². The van der Waals surface area contributed by atoms with Crippen LogP contribution in [0.1, 0.15) is 20.3 Å². The fourth-order valence-corrected chi connectivity index (χ4v) is 1.42. The van der Waals surface area contributed by atoms with E-state index in [2.05, 4.69) is 5.32 Å². The lowest BCUT2D eigenvalue weighted by Gasteiger charge is -2.22. The number of nitrogens with two attached hydrogens (primary N) is 1. The van der Waals surface area contributed by atoms with Crippen LogP contribution in [0.25, 0.3) is 0 Å². The first-order chi connectivity index (χ1) is 8.38. The Morgan fingerprint density at radius 1 is 1.39 bits per heavy atom. The Bertz CT molecular complexity index is 430. The highest BCUT2D eigenvalue weighted by atomic mass is 16.5. The molecule has 3 N–H and O–H groups in total. The minimum absolute atomic E-state index is 0.151. The third-order valence-corrected chi connectivity index (χ3v) is 2.67. The van der Waals surface area contributed by atoms with Gasteiger partial charge in [-0.1, -0.05) is 0 Å². The number of rotatable bonds is 5. The van der Waals surface area contributed by atoms with Crippen molar-refractivity contribution >= 4 is 17.3 Å². The fourth-order valence-electron chi connectivity index (χ4n) is 1.42. The first-order valence-corrected chi connectivity index (χ1v) is 5.66. The first kappa shape index (κ1) is 14.3. The minimum Gasteiger partial charge on any atom is -0.497 e. The molecule has 0 saturated heterocycles. The molecule has 0 aliphatic heterocycles. The van der Waals surface area contributed by atoms with Crippen LogP contribution >= 0.6 is 0 Å². The average molecular weight is 252 g/mol. The largest absolute Gasteiger partial charge is 0.497 e. The summed E-state index contributed by atoms with van der Waals surface area (Å²) in [5.41, 5.74) is 6.33. The van der Waals surface area contributed by atoms with E-state index in [0.717, 1.165) is 0 Å². The van der Waals surface area contributed by atoms with Crippen molar-refractivity contribution in [3.05, 3.63) is 18.2 Å².